The van der Waals surface area contributed by atoms with Crippen LogP contribution in [0.2, 0.25) is 10.0 Å². The van der Waals surface area contributed by atoms with E-state index in [0.29, 0.717) is 35.0 Å². The first-order chi connectivity index (χ1) is 11.1. The molecule has 1 aliphatic heterocycles. The van der Waals surface area contributed by atoms with Crippen LogP contribution in [-0.4, -0.2) is 16.1 Å². The van der Waals surface area contributed by atoms with Crippen molar-refractivity contribution in [3.05, 3.63) is 68.4 Å². The monoisotopic (exact) mass is 345 g/mol. The van der Waals surface area contributed by atoms with Gasteiger partial charge in [-0.15, -0.1) is 0 Å². The summed E-state index contributed by atoms with van der Waals surface area (Å²) in [4.78, 5) is 19.4. The molecule has 0 bridgehead atoms. The normalized spacial score (nSPS) is 13.6. The molecule has 0 saturated heterocycles. The van der Waals surface area contributed by atoms with Crippen molar-refractivity contribution >= 4 is 40.1 Å². The highest BCUT2D eigenvalue weighted by atomic mass is 35.5. The van der Waals surface area contributed by atoms with Crippen molar-refractivity contribution in [3.63, 3.8) is 0 Å². The average molecular weight is 346 g/mol. The lowest BCUT2D eigenvalue weighted by atomic mass is 10.2. The van der Waals surface area contributed by atoms with Gasteiger partial charge in [-0.1, -0.05) is 41.4 Å². The van der Waals surface area contributed by atoms with E-state index in [1.807, 2.05) is 24.3 Å². The van der Waals surface area contributed by atoms with Gasteiger partial charge >= 0.3 is 0 Å². The van der Waals surface area contributed by atoms with Crippen LogP contribution in [0.3, 0.4) is 0 Å². The van der Waals surface area contributed by atoms with Crippen LogP contribution >= 0.6 is 23.2 Å². The molecule has 3 aromatic rings. The number of hydrogen-bond donors (Lipinski definition) is 0. The number of fused-ring (bicyclic) bond motifs is 2. The number of nitrogens with zero attached hydrogens (tertiary/aromatic N) is 3. The van der Waals surface area contributed by atoms with E-state index < -0.39 is 0 Å². The first-order valence-corrected chi connectivity index (χ1v) is 8.07. The molecule has 4 nitrogen and oxygen atoms in total. The highest BCUT2D eigenvalue weighted by Crippen LogP contribution is 2.25. The topological polar surface area (TPSA) is 38.1 Å². The van der Waals surface area contributed by atoms with Crippen LogP contribution in [0.1, 0.15) is 5.56 Å². The van der Waals surface area contributed by atoms with E-state index in [0.717, 1.165) is 17.1 Å². The maximum absolute atomic E-state index is 12.6. The van der Waals surface area contributed by atoms with Crippen LogP contribution in [0, 0.1) is 0 Å². The molecular weight excluding hydrogens is 333 g/mol. The summed E-state index contributed by atoms with van der Waals surface area (Å²) in [7, 11) is 0. The molecule has 6 heteroatoms. The Morgan fingerprint density at radius 3 is 2.74 bits per heavy atom. The van der Waals surface area contributed by atoms with Crippen LogP contribution in [0.25, 0.3) is 10.9 Å². The van der Waals surface area contributed by atoms with Gasteiger partial charge in [-0.2, -0.15) is 0 Å². The minimum absolute atomic E-state index is 0.0471. The molecule has 2 heterocycles. The molecule has 2 aromatic carbocycles. The van der Waals surface area contributed by atoms with Crippen molar-refractivity contribution in [1.29, 1.82) is 0 Å². The van der Waals surface area contributed by atoms with Gasteiger partial charge in [0, 0.05) is 29.7 Å². The zero-order valence-electron chi connectivity index (χ0n) is 12.2. The van der Waals surface area contributed by atoms with Gasteiger partial charge in [0.25, 0.3) is 5.56 Å². The second-order valence-corrected chi connectivity index (χ2v) is 6.39. The van der Waals surface area contributed by atoms with Crippen LogP contribution in [0.15, 0.2) is 47.3 Å². The van der Waals surface area contributed by atoms with Gasteiger partial charge < -0.3 is 4.90 Å². The Kier molecular flexibility index (Phi) is 3.51. The fraction of sp³-hybridized carbons (Fsp3) is 0.176. The second-order valence-electron chi connectivity index (χ2n) is 5.54. The molecule has 0 fully saturated rings. The molecule has 116 valence electrons. The lowest BCUT2D eigenvalue weighted by molar-refractivity contribution is 0.753. The standard InChI is InChI=1S/C17H13Cl2N3O/c18-12-5-6-15-13(9-12)16(23)22-8-7-21(17(22)20-15)10-11-3-1-2-4-14(11)19/h1-6,9H,7-8,10H2. The lowest BCUT2D eigenvalue weighted by Gasteiger charge is -2.18. The number of benzene rings is 2. The Morgan fingerprint density at radius 2 is 1.91 bits per heavy atom. The first kappa shape index (κ1) is 14.5. The fourth-order valence-electron chi connectivity index (χ4n) is 2.93. The van der Waals surface area contributed by atoms with E-state index in [2.05, 4.69) is 9.88 Å². The zero-order chi connectivity index (χ0) is 16.0. The van der Waals surface area contributed by atoms with Crippen LogP contribution in [0.4, 0.5) is 5.95 Å². The predicted molar refractivity (Wildman–Crippen MR) is 93.5 cm³/mol. The second kappa shape index (κ2) is 5.55. The number of rotatable bonds is 2. The van der Waals surface area contributed by atoms with Crippen molar-refractivity contribution in [2.45, 2.75) is 13.1 Å². The maximum Gasteiger partial charge on any atom is 0.262 e. The third kappa shape index (κ3) is 2.48. The summed E-state index contributed by atoms with van der Waals surface area (Å²) in [6.45, 7) is 1.98. The van der Waals surface area contributed by atoms with E-state index in [9.17, 15) is 4.79 Å². The summed E-state index contributed by atoms with van der Waals surface area (Å²) in [5.41, 5.74) is 1.64. The molecule has 1 aromatic heterocycles. The van der Waals surface area contributed by atoms with Gasteiger partial charge in [0.15, 0.2) is 0 Å². The highest BCUT2D eigenvalue weighted by molar-refractivity contribution is 6.31. The molecule has 0 saturated carbocycles. The fourth-order valence-corrected chi connectivity index (χ4v) is 3.29. The van der Waals surface area contributed by atoms with Crippen LogP contribution < -0.4 is 10.5 Å². The van der Waals surface area contributed by atoms with E-state index >= 15 is 0 Å². The smallest absolute Gasteiger partial charge is 0.262 e. The number of anilines is 1. The Balaban J connectivity index is 1.80. The molecule has 1 aliphatic rings. The van der Waals surface area contributed by atoms with Crippen molar-refractivity contribution in [2.24, 2.45) is 0 Å². The Hall–Kier alpha value is -2.04. The molecule has 0 unspecified atom stereocenters. The van der Waals surface area contributed by atoms with Gasteiger partial charge in [-0.05, 0) is 29.8 Å². The number of hydrogen-bond acceptors (Lipinski definition) is 3. The summed E-state index contributed by atoms with van der Waals surface area (Å²) in [5, 5.41) is 1.82. The zero-order valence-corrected chi connectivity index (χ0v) is 13.7. The van der Waals surface area contributed by atoms with Crippen molar-refractivity contribution in [3.8, 4) is 0 Å². The molecule has 0 atom stereocenters. The molecule has 4 rings (SSSR count). The van der Waals surface area contributed by atoms with E-state index in [1.165, 1.54) is 0 Å². The lowest BCUT2D eigenvalue weighted by Crippen LogP contribution is -2.23. The molecule has 23 heavy (non-hydrogen) atoms. The molecule has 0 N–H and O–H groups in total. The van der Waals surface area contributed by atoms with Gasteiger partial charge in [0.1, 0.15) is 0 Å². The molecule has 0 spiro atoms. The quantitative estimate of drug-likeness (QED) is 0.710. The molecule has 0 amide bonds. The summed E-state index contributed by atoms with van der Waals surface area (Å²) in [6.07, 6.45) is 0. The minimum Gasteiger partial charge on any atom is -0.336 e. The Morgan fingerprint density at radius 1 is 1.09 bits per heavy atom. The summed E-state index contributed by atoms with van der Waals surface area (Å²) >= 11 is 12.2. The van der Waals surface area contributed by atoms with E-state index in [1.54, 1.807) is 22.8 Å². The third-order valence-electron chi connectivity index (χ3n) is 4.09. The number of halogens is 2. The Labute approximate surface area is 142 Å². The van der Waals surface area contributed by atoms with E-state index in [-0.39, 0.29) is 5.56 Å². The van der Waals surface area contributed by atoms with Gasteiger partial charge in [0.2, 0.25) is 5.95 Å². The first-order valence-electron chi connectivity index (χ1n) is 7.32. The summed E-state index contributed by atoms with van der Waals surface area (Å²) in [6, 6.07) is 12.9. The highest BCUT2D eigenvalue weighted by Gasteiger charge is 2.23. The molecule has 0 radical (unpaired) electrons. The van der Waals surface area contributed by atoms with Crippen molar-refractivity contribution < 1.29 is 0 Å². The van der Waals surface area contributed by atoms with Gasteiger partial charge in [-0.3, -0.25) is 9.36 Å². The van der Waals surface area contributed by atoms with Crippen LogP contribution in [0.5, 0.6) is 0 Å². The molecule has 0 aliphatic carbocycles. The average Bonchev–Trinajstić information content (AvgIpc) is 2.94. The minimum atomic E-state index is -0.0471. The van der Waals surface area contributed by atoms with Crippen molar-refractivity contribution in [2.75, 3.05) is 11.4 Å². The largest absolute Gasteiger partial charge is 0.336 e. The van der Waals surface area contributed by atoms with Gasteiger partial charge in [-0.25, -0.2) is 4.98 Å². The van der Waals surface area contributed by atoms with E-state index in [4.69, 9.17) is 23.2 Å². The van der Waals surface area contributed by atoms with Crippen molar-refractivity contribution in [1.82, 2.24) is 9.55 Å². The Bertz CT molecular complexity index is 968. The summed E-state index contributed by atoms with van der Waals surface area (Å²) < 4.78 is 1.70. The third-order valence-corrected chi connectivity index (χ3v) is 4.70. The SMILES string of the molecule is O=c1c2cc(Cl)ccc2nc2n1CCN2Cc1ccccc1Cl. The molecular formula is C17H13Cl2N3O. The predicted octanol–water partition coefficient (Wildman–Crippen LogP) is 3.72. The summed E-state index contributed by atoms with van der Waals surface area (Å²) in [5.74, 6) is 0.685. The number of aromatic nitrogens is 2. The van der Waals surface area contributed by atoms with Crippen LogP contribution in [-0.2, 0) is 13.1 Å². The van der Waals surface area contributed by atoms with Gasteiger partial charge in [0.05, 0.1) is 10.9 Å². The maximum atomic E-state index is 12.6.